The van der Waals surface area contributed by atoms with Gasteiger partial charge in [-0.05, 0) is 42.3 Å². The molecule has 0 bridgehead atoms. The highest BCUT2D eigenvalue weighted by Crippen LogP contribution is 2.22. The highest BCUT2D eigenvalue weighted by atomic mass is 16.5. The van der Waals surface area contributed by atoms with Crippen LogP contribution in [-0.2, 0) is 6.42 Å². The van der Waals surface area contributed by atoms with Crippen molar-refractivity contribution in [2.24, 2.45) is 4.99 Å². The van der Waals surface area contributed by atoms with Crippen LogP contribution in [0.25, 0.3) is 0 Å². The summed E-state index contributed by atoms with van der Waals surface area (Å²) in [5, 5.41) is 18.6. The Kier molecular flexibility index (Phi) is 4.74. The summed E-state index contributed by atoms with van der Waals surface area (Å²) in [6.45, 7) is 0.139. The second-order valence-corrected chi connectivity index (χ2v) is 4.32. The lowest BCUT2D eigenvalue weighted by Gasteiger charge is -2.03. The molecule has 0 unspecified atom stereocenters. The smallest absolute Gasteiger partial charge is 0.124 e. The van der Waals surface area contributed by atoms with E-state index < -0.39 is 0 Å². The minimum Gasteiger partial charge on any atom is -0.507 e. The molecule has 20 heavy (non-hydrogen) atoms. The number of aliphatic hydroxyl groups excluding tert-OH is 1. The van der Waals surface area contributed by atoms with Crippen molar-refractivity contribution in [1.29, 1.82) is 0 Å². The molecule has 0 spiro atoms. The first-order valence-corrected chi connectivity index (χ1v) is 6.34. The van der Waals surface area contributed by atoms with E-state index in [9.17, 15) is 5.11 Å². The number of aliphatic imine (C=N–C) groups is 1. The van der Waals surface area contributed by atoms with E-state index >= 15 is 0 Å². The summed E-state index contributed by atoms with van der Waals surface area (Å²) in [5.74, 6) is 0.828. The normalized spacial score (nSPS) is 10.9. The molecule has 0 atom stereocenters. The van der Waals surface area contributed by atoms with E-state index in [1.54, 1.807) is 31.5 Å². The zero-order valence-corrected chi connectivity index (χ0v) is 11.3. The second-order valence-electron chi connectivity index (χ2n) is 4.32. The first-order valence-electron chi connectivity index (χ1n) is 6.34. The van der Waals surface area contributed by atoms with E-state index in [0.29, 0.717) is 17.7 Å². The lowest BCUT2D eigenvalue weighted by molar-refractivity contribution is 0.299. The van der Waals surface area contributed by atoms with Crippen LogP contribution in [0, 0.1) is 0 Å². The SMILES string of the molecule is COc1ccc(O)c(C=Nc2ccc(CCO)cc2)c1. The van der Waals surface area contributed by atoms with Gasteiger partial charge in [0.05, 0.1) is 12.8 Å². The van der Waals surface area contributed by atoms with Gasteiger partial charge in [-0.2, -0.15) is 0 Å². The lowest BCUT2D eigenvalue weighted by Crippen LogP contribution is -1.89. The van der Waals surface area contributed by atoms with E-state index in [1.807, 2.05) is 24.3 Å². The topological polar surface area (TPSA) is 62.0 Å². The summed E-state index contributed by atoms with van der Waals surface area (Å²) in [7, 11) is 1.58. The van der Waals surface area contributed by atoms with Crippen LogP contribution in [0.15, 0.2) is 47.5 Å². The van der Waals surface area contributed by atoms with Crippen LogP contribution < -0.4 is 4.74 Å². The predicted molar refractivity (Wildman–Crippen MR) is 79.1 cm³/mol. The fourth-order valence-corrected chi connectivity index (χ4v) is 1.78. The average Bonchev–Trinajstić information content (AvgIpc) is 2.48. The third-order valence-corrected chi connectivity index (χ3v) is 2.92. The number of hydrogen-bond donors (Lipinski definition) is 2. The number of rotatable bonds is 5. The molecule has 0 aliphatic heterocycles. The van der Waals surface area contributed by atoms with Crippen LogP contribution in [0.2, 0.25) is 0 Å². The Balaban J connectivity index is 2.16. The van der Waals surface area contributed by atoms with Gasteiger partial charge in [-0.1, -0.05) is 12.1 Å². The fraction of sp³-hybridized carbons (Fsp3) is 0.188. The molecule has 0 aliphatic rings. The van der Waals surface area contributed by atoms with Crippen molar-refractivity contribution in [1.82, 2.24) is 0 Å². The molecule has 0 radical (unpaired) electrons. The zero-order chi connectivity index (χ0) is 14.4. The molecular weight excluding hydrogens is 254 g/mol. The van der Waals surface area contributed by atoms with Gasteiger partial charge in [-0.15, -0.1) is 0 Å². The van der Waals surface area contributed by atoms with Gasteiger partial charge < -0.3 is 14.9 Å². The van der Waals surface area contributed by atoms with Crippen molar-refractivity contribution in [3.63, 3.8) is 0 Å². The Morgan fingerprint density at radius 2 is 1.90 bits per heavy atom. The molecule has 2 aromatic rings. The van der Waals surface area contributed by atoms with Crippen molar-refractivity contribution in [2.45, 2.75) is 6.42 Å². The number of nitrogens with zero attached hydrogens (tertiary/aromatic N) is 1. The van der Waals surface area contributed by atoms with Gasteiger partial charge in [0.2, 0.25) is 0 Å². The summed E-state index contributed by atoms with van der Waals surface area (Å²) in [4.78, 5) is 4.31. The van der Waals surface area contributed by atoms with E-state index in [2.05, 4.69) is 4.99 Å². The standard InChI is InChI=1S/C16H17NO3/c1-20-15-6-7-16(19)13(10-15)11-17-14-4-2-12(3-5-14)8-9-18/h2-7,10-11,18-19H,8-9H2,1H3. The van der Waals surface area contributed by atoms with Crippen molar-refractivity contribution >= 4 is 11.9 Å². The number of benzene rings is 2. The Morgan fingerprint density at radius 3 is 2.55 bits per heavy atom. The van der Waals surface area contributed by atoms with E-state index in [-0.39, 0.29) is 12.4 Å². The van der Waals surface area contributed by atoms with Crippen molar-refractivity contribution in [3.8, 4) is 11.5 Å². The van der Waals surface area contributed by atoms with Crippen LogP contribution in [-0.4, -0.2) is 30.1 Å². The summed E-state index contributed by atoms with van der Waals surface area (Å²) in [6.07, 6.45) is 2.24. The van der Waals surface area contributed by atoms with Gasteiger partial charge in [0.15, 0.2) is 0 Å². The van der Waals surface area contributed by atoms with Gasteiger partial charge in [0.25, 0.3) is 0 Å². The van der Waals surface area contributed by atoms with Crippen LogP contribution >= 0.6 is 0 Å². The number of aliphatic hydroxyl groups is 1. The largest absolute Gasteiger partial charge is 0.507 e. The van der Waals surface area contributed by atoms with Crippen molar-refractivity contribution in [2.75, 3.05) is 13.7 Å². The number of phenols is 1. The molecule has 2 N–H and O–H groups in total. The first-order chi connectivity index (χ1) is 9.72. The predicted octanol–water partition coefficient (Wildman–Crippen LogP) is 2.69. The number of hydrogen-bond acceptors (Lipinski definition) is 4. The molecule has 0 saturated heterocycles. The first kappa shape index (κ1) is 14.1. The third kappa shape index (κ3) is 3.59. The Labute approximate surface area is 118 Å². The van der Waals surface area contributed by atoms with Crippen molar-refractivity contribution < 1.29 is 14.9 Å². The molecule has 0 saturated carbocycles. The second kappa shape index (κ2) is 6.73. The number of phenolic OH excluding ortho intramolecular Hbond substituents is 1. The van der Waals surface area contributed by atoms with Crippen LogP contribution in [0.1, 0.15) is 11.1 Å². The number of ether oxygens (including phenoxy) is 1. The van der Waals surface area contributed by atoms with Gasteiger partial charge in [-0.3, -0.25) is 4.99 Å². The summed E-state index contributed by atoms with van der Waals surface area (Å²) >= 11 is 0. The van der Waals surface area contributed by atoms with Gasteiger partial charge in [-0.25, -0.2) is 0 Å². The Morgan fingerprint density at radius 1 is 1.15 bits per heavy atom. The highest BCUT2D eigenvalue weighted by Gasteiger charge is 2.00. The maximum Gasteiger partial charge on any atom is 0.124 e. The quantitative estimate of drug-likeness (QED) is 0.822. The van der Waals surface area contributed by atoms with E-state index in [0.717, 1.165) is 11.3 Å². The Bertz CT molecular complexity index is 591. The monoisotopic (exact) mass is 271 g/mol. The highest BCUT2D eigenvalue weighted by molar-refractivity contribution is 5.85. The number of aromatic hydroxyl groups is 1. The van der Waals surface area contributed by atoms with Gasteiger partial charge in [0.1, 0.15) is 11.5 Å². The summed E-state index contributed by atoms with van der Waals surface area (Å²) in [5.41, 5.74) is 2.45. The van der Waals surface area contributed by atoms with Crippen molar-refractivity contribution in [3.05, 3.63) is 53.6 Å². The molecule has 0 aromatic heterocycles. The molecule has 0 amide bonds. The van der Waals surface area contributed by atoms with Crippen LogP contribution in [0.5, 0.6) is 11.5 Å². The minimum absolute atomic E-state index is 0.139. The molecule has 2 aromatic carbocycles. The molecule has 0 heterocycles. The van der Waals surface area contributed by atoms with Gasteiger partial charge in [0, 0.05) is 18.4 Å². The minimum atomic E-state index is 0.139. The molecule has 4 heteroatoms. The fourth-order valence-electron chi connectivity index (χ4n) is 1.78. The Hall–Kier alpha value is -2.33. The average molecular weight is 271 g/mol. The van der Waals surface area contributed by atoms with Crippen LogP contribution in [0.4, 0.5) is 5.69 Å². The number of methoxy groups -OCH3 is 1. The summed E-state index contributed by atoms with van der Waals surface area (Å²) in [6, 6.07) is 12.6. The molecule has 0 fully saturated rings. The summed E-state index contributed by atoms with van der Waals surface area (Å²) < 4.78 is 5.11. The lowest BCUT2D eigenvalue weighted by atomic mass is 10.1. The molecule has 0 aliphatic carbocycles. The van der Waals surface area contributed by atoms with E-state index in [1.165, 1.54) is 0 Å². The molecule has 104 valence electrons. The maximum absolute atomic E-state index is 9.75. The third-order valence-electron chi connectivity index (χ3n) is 2.92. The maximum atomic E-state index is 9.75. The van der Waals surface area contributed by atoms with Crippen LogP contribution in [0.3, 0.4) is 0 Å². The molecule has 4 nitrogen and oxygen atoms in total. The molecule has 2 rings (SSSR count). The zero-order valence-electron chi connectivity index (χ0n) is 11.3. The van der Waals surface area contributed by atoms with Gasteiger partial charge >= 0.3 is 0 Å². The molecular formula is C16H17NO3. The van der Waals surface area contributed by atoms with E-state index in [4.69, 9.17) is 9.84 Å².